The molecular weight excluding hydrogens is 354 g/mol. The fraction of sp³-hybridized carbons (Fsp3) is 0.571. The number of amides is 1. The number of likely N-dealkylation sites (tertiary alicyclic amines) is 1. The Morgan fingerprint density at radius 3 is 2.68 bits per heavy atom. The van der Waals surface area contributed by atoms with Gasteiger partial charge in [0.2, 0.25) is 11.7 Å². The molecule has 1 aliphatic carbocycles. The van der Waals surface area contributed by atoms with Crippen LogP contribution in [0.3, 0.4) is 0 Å². The average Bonchev–Trinajstić information content (AvgIpc) is 3.21. The Kier molecular flexibility index (Phi) is 4.25. The van der Waals surface area contributed by atoms with Crippen LogP contribution < -0.4 is 5.69 Å². The van der Waals surface area contributed by atoms with Crippen molar-refractivity contribution in [2.45, 2.75) is 64.6 Å². The molecule has 1 saturated carbocycles. The van der Waals surface area contributed by atoms with E-state index in [4.69, 9.17) is 0 Å². The monoisotopic (exact) mass is 381 g/mol. The zero-order valence-corrected chi connectivity index (χ0v) is 16.4. The van der Waals surface area contributed by atoms with E-state index in [2.05, 4.69) is 5.10 Å². The summed E-state index contributed by atoms with van der Waals surface area (Å²) in [6.45, 7) is 3.60. The largest absolute Gasteiger partial charge is 0.352 e. The maximum atomic E-state index is 13.1. The number of fused-ring (bicyclic) bond motifs is 4. The van der Waals surface area contributed by atoms with Crippen molar-refractivity contribution in [1.82, 2.24) is 23.6 Å². The number of aromatic nitrogens is 4. The lowest BCUT2D eigenvalue weighted by atomic mass is 9.78. The number of rotatable bonds is 3. The second-order valence-corrected chi connectivity index (χ2v) is 8.15. The van der Waals surface area contributed by atoms with E-state index in [1.54, 1.807) is 4.40 Å². The van der Waals surface area contributed by atoms with Crippen molar-refractivity contribution in [1.29, 1.82) is 0 Å². The number of benzene rings is 1. The van der Waals surface area contributed by atoms with Crippen LogP contribution in [0, 0.1) is 5.92 Å². The van der Waals surface area contributed by atoms with Gasteiger partial charge in [0, 0.05) is 19.1 Å². The highest BCUT2D eigenvalue weighted by molar-refractivity contribution is 5.81. The van der Waals surface area contributed by atoms with Gasteiger partial charge in [-0.2, -0.15) is 0 Å². The van der Waals surface area contributed by atoms with Gasteiger partial charge in [-0.25, -0.2) is 13.9 Å². The van der Waals surface area contributed by atoms with E-state index in [0.29, 0.717) is 17.7 Å². The number of carbonyl (C=O) groups excluding carboxylic acids is 1. The van der Waals surface area contributed by atoms with Crippen molar-refractivity contribution < 1.29 is 4.79 Å². The maximum absolute atomic E-state index is 13.1. The van der Waals surface area contributed by atoms with Gasteiger partial charge in [-0.05, 0) is 50.7 Å². The molecule has 3 aromatic rings. The van der Waals surface area contributed by atoms with Gasteiger partial charge in [0.1, 0.15) is 6.54 Å². The van der Waals surface area contributed by atoms with Crippen LogP contribution in [0.1, 0.15) is 45.4 Å². The van der Waals surface area contributed by atoms with E-state index in [-0.39, 0.29) is 18.1 Å². The first-order chi connectivity index (χ1) is 13.7. The molecule has 1 amide bonds. The molecule has 0 unspecified atom stereocenters. The molecule has 28 heavy (non-hydrogen) atoms. The SMILES string of the molecule is CCn1c2ccccc2n2c(=O)n(CC(=O)N3CCC[C@@H]4CCCC[C@@H]43)nc12. The minimum absolute atomic E-state index is 0.0295. The van der Waals surface area contributed by atoms with Crippen LogP contribution in [-0.4, -0.2) is 42.1 Å². The number of hydrogen-bond donors (Lipinski definition) is 0. The zero-order valence-electron chi connectivity index (χ0n) is 16.4. The van der Waals surface area contributed by atoms with Crippen molar-refractivity contribution in [2.24, 2.45) is 5.92 Å². The molecule has 1 aromatic carbocycles. The minimum Gasteiger partial charge on any atom is -0.338 e. The standard InChI is InChI=1S/C21H27N5O2/c1-2-23-17-11-5-6-12-18(17)26-20(23)22-25(21(26)28)14-19(27)24-13-7-9-15-8-3-4-10-16(15)24/h5-6,11-12,15-16H,2-4,7-10,13-14H2,1H3/t15-,16-/m0/s1. The summed E-state index contributed by atoms with van der Waals surface area (Å²) in [6.07, 6.45) is 7.11. The van der Waals surface area contributed by atoms with Crippen molar-refractivity contribution in [3.8, 4) is 0 Å². The first-order valence-corrected chi connectivity index (χ1v) is 10.6. The van der Waals surface area contributed by atoms with Crippen molar-refractivity contribution in [2.75, 3.05) is 6.54 Å². The Labute approximate surface area is 163 Å². The zero-order chi connectivity index (χ0) is 19.3. The molecule has 7 heteroatoms. The molecule has 1 aliphatic heterocycles. The van der Waals surface area contributed by atoms with Crippen LogP contribution >= 0.6 is 0 Å². The molecule has 0 radical (unpaired) electrons. The Bertz CT molecular complexity index is 1090. The van der Waals surface area contributed by atoms with Crippen LogP contribution in [0.15, 0.2) is 29.1 Å². The van der Waals surface area contributed by atoms with E-state index in [0.717, 1.165) is 37.0 Å². The van der Waals surface area contributed by atoms with Crippen molar-refractivity contribution in [3.05, 3.63) is 34.7 Å². The van der Waals surface area contributed by atoms with Gasteiger partial charge in [0.15, 0.2) is 0 Å². The molecule has 0 bridgehead atoms. The molecule has 2 fully saturated rings. The van der Waals surface area contributed by atoms with Crippen LogP contribution in [0.2, 0.25) is 0 Å². The highest BCUT2D eigenvalue weighted by atomic mass is 16.2. The number of piperidine rings is 1. The van der Waals surface area contributed by atoms with Crippen LogP contribution in [0.5, 0.6) is 0 Å². The van der Waals surface area contributed by atoms with E-state index >= 15 is 0 Å². The molecular formula is C21H27N5O2. The van der Waals surface area contributed by atoms with Gasteiger partial charge in [-0.15, -0.1) is 5.10 Å². The second kappa shape index (κ2) is 6.79. The van der Waals surface area contributed by atoms with Crippen LogP contribution in [0.25, 0.3) is 16.8 Å². The topological polar surface area (TPSA) is 64.5 Å². The number of imidazole rings is 1. The summed E-state index contributed by atoms with van der Waals surface area (Å²) < 4.78 is 5.00. The summed E-state index contributed by atoms with van der Waals surface area (Å²) in [5.74, 6) is 1.28. The van der Waals surface area contributed by atoms with Crippen LogP contribution in [-0.2, 0) is 17.9 Å². The summed E-state index contributed by atoms with van der Waals surface area (Å²) in [6, 6.07) is 8.18. The molecule has 5 rings (SSSR count). The highest BCUT2D eigenvalue weighted by Gasteiger charge is 2.36. The molecule has 3 heterocycles. The van der Waals surface area contributed by atoms with E-state index in [1.807, 2.05) is 40.7 Å². The first kappa shape index (κ1) is 17.5. The van der Waals surface area contributed by atoms with E-state index < -0.39 is 0 Å². The third-order valence-corrected chi connectivity index (χ3v) is 6.64. The van der Waals surface area contributed by atoms with Crippen LogP contribution in [0.4, 0.5) is 0 Å². The van der Waals surface area contributed by atoms with Gasteiger partial charge in [-0.1, -0.05) is 25.0 Å². The first-order valence-electron chi connectivity index (χ1n) is 10.6. The Morgan fingerprint density at radius 1 is 1.11 bits per heavy atom. The summed E-state index contributed by atoms with van der Waals surface area (Å²) in [4.78, 5) is 28.2. The lowest BCUT2D eigenvalue weighted by Gasteiger charge is -2.44. The fourth-order valence-electron chi connectivity index (χ4n) is 5.34. The van der Waals surface area contributed by atoms with Crippen molar-refractivity contribution in [3.63, 3.8) is 0 Å². The highest BCUT2D eigenvalue weighted by Crippen LogP contribution is 2.35. The number of nitrogens with zero attached hydrogens (tertiary/aromatic N) is 5. The van der Waals surface area contributed by atoms with Gasteiger partial charge in [-0.3, -0.25) is 4.79 Å². The molecule has 2 aliphatic rings. The average molecular weight is 381 g/mol. The maximum Gasteiger partial charge on any atom is 0.352 e. The lowest BCUT2D eigenvalue weighted by Crippen LogP contribution is -2.51. The Morgan fingerprint density at radius 2 is 1.86 bits per heavy atom. The predicted octanol–water partition coefficient (Wildman–Crippen LogP) is 2.65. The summed E-state index contributed by atoms with van der Waals surface area (Å²) >= 11 is 0. The smallest absolute Gasteiger partial charge is 0.338 e. The molecule has 0 N–H and O–H groups in total. The Balaban J connectivity index is 1.49. The van der Waals surface area contributed by atoms with Gasteiger partial charge in [0.25, 0.3) is 0 Å². The summed E-state index contributed by atoms with van der Waals surface area (Å²) in [5, 5.41) is 4.54. The van der Waals surface area contributed by atoms with Gasteiger partial charge < -0.3 is 9.47 Å². The molecule has 148 valence electrons. The normalized spacial score (nSPS) is 22.7. The summed E-state index contributed by atoms with van der Waals surface area (Å²) in [5.41, 5.74) is 1.60. The third kappa shape index (κ3) is 2.59. The quantitative estimate of drug-likeness (QED) is 0.701. The Hall–Kier alpha value is -2.57. The molecule has 0 spiro atoms. The summed E-state index contributed by atoms with van der Waals surface area (Å²) in [7, 11) is 0. The molecule has 2 aromatic heterocycles. The molecule has 7 nitrogen and oxygen atoms in total. The predicted molar refractivity (Wildman–Crippen MR) is 107 cm³/mol. The minimum atomic E-state index is -0.232. The van der Waals surface area contributed by atoms with Gasteiger partial charge in [0.05, 0.1) is 11.0 Å². The van der Waals surface area contributed by atoms with E-state index in [9.17, 15) is 9.59 Å². The van der Waals surface area contributed by atoms with E-state index in [1.165, 1.54) is 30.4 Å². The van der Waals surface area contributed by atoms with Gasteiger partial charge >= 0.3 is 5.69 Å². The van der Waals surface area contributed by atoms with Crippen molar-refractivity contribution >= 4 is 22.7 Å². The number of carbonyl (C=O) groups is 1. The fourth-order valence-corrected chi connectivity index (χ4v) is 5.34. The lowest BCUT2D eigenvalue weighted by molar-refractivity contribution is -0.138. The third-order valence-electron chi connectivity index (χ3n) is 6.64. The molecule has 1 saturated heterocycles. The molecule has 2 atom stereocenters. The second-order valence-electron chi connectivity index (χ2n) is 8.15. The number of aryl methyl sites for hydroxylation is 1. The number of para-hydroxylation sites is 2. The number of hydrogen-bond acceptors (Lipinski definition) is 3.